The number of hydrogen-bond acceptors (Lipinski definition) is 7. The number of nitrogens with two attached hydrogens (primary N) is 1. The molecule has 0 amide bonds. The summed E-state index contributed by atoms with van der Waals surface area (Å²) in [5, 5.41) is 1.34. The Morgan fingerprint density at radius 3 is 2.68 bits per heavy atom. The Bertz CT molecular complexity index is 546. The van der Waals surface area contributed by atoms with E-state index in [2.05, 4.69) is 19.9 Å². The predicted molar refractivity (Wildman–Crippen MR) is 72.7 cm³/mol. The van der Waals surface area contributed by atoms with Gasteiger partial charge in [0.2, 0.25) is 0 Å². The van der Waals surface area contributed by atoms with Gasteiger partial charge in [-0.3, -0.25) is 0 Å². The molecule has 0 unspecified atom stereocenters. The fourth-order valence-corrected chi connectivity index (χ4v) is 2.06. The minimum Gasteiger partial charge on any atom is -0.384 e. The maximum atomic E-state index is 5.75. The molecule has 0 aliphatic carbocycles. The molecule has 0 radical (unpaired) electrons. The van der Waals surface area contributed by atoms with Crippen LogP contribution in [0, 0.1) is 6.92 Å². The van der Waals surface area contributed by atoms with E-state index in [0.717, 1.165) is 5.56 Å². The number of rotatable bonds is 5. The maximum absolute atomic E-state index is 5.75. The second-order valence-electron chi connectivity index (χ2n) is 3.83. The molecule has 0 aromatic carbocycles. The highest BCUT2D eigenvalue weighted by Crippen LogP contribution is 2.23. The molecule has 2 aromatic rings. The van der Waals surface area contributed by atoms with Crippen LogP contribution in [0.2, 0.25) is 0 Å². The Kier molecular flexibility index (Phi) is 4.64. The number of aryl methyl sites for hydroxylation is 1. The van der Waals surface area contributed by atoms with Crippen molar-refractivity contribution in [2.45, 2.75) is 30.6 Å². The fourth-order valence-electron chi connectivity index (χ4n) is 1.33. The van der Waals surface area contributed by atoms with E-state index >= 15 is 0 Å². The molecule has 2 rings (SSSR count). The molecule has 0 aliphatic rings. The zero-order valence-electron chi connectivity index (χ0n) is 10.8. The quantitative estimate of drug-likeness (QED) is 0.659. The van der Waals surface area contributed by atoms with Crippen LogP contribution in [0.15, 0.2) is 28.6 Å². The molecule has 2 aromatic heterocycles. The largest absolute Gasteiger partial charge is 0.384 e. The van der Waals surface area contributed by atoms with Crippen LogP contribution in [-0.2, 0) is 11.3 Å². The number of anilines is 1. The first-order valence-corrected chi connectivity index (χ1v) is 6.66. The molecule has 7 heteroatoms. The standard InChI is InChI=1S/C12H15N5OS/c1-3-18-7-10-16-9(13)4-11(17-10)19-12-14-5-8(2)6-15-12/h4-6H,3,7H2,1-2H3,(H2,13,16,17). The van der Waals surface area contributed by atoms with Gasteiger partial charge in [0.05, 0.1) is 0 Å². The molecule has 100 valence electrons. The van der Waals surface area contributed by atoms with Crippen molar-refractivity contribution in [1.29, 1.82) is 0 Å². The van der Waals surface area contributed by atoms with Gasteiger partial charge in [-0.25, -0.2) is 19.9 Å². The molecule has 0 fully saturated rings. The van der Waals surface area contributed by atoms with Crippen molar-refractivity contribution in [2.75, 3.05) is 12.3 Å². The third-order valence-corrected chi connectivity index (χ3v) is 2.97. The normalized spacial score (nSPS) is 10.6. The molecule has 0 bridgehead atoms. The molecule has 0 atom stereocenters. The molecule has 0 aliphatic heterocycles. The zero-order valence-corrected chi connectivity index (χ0v) is 11.6. The van der Waals surface area contributed by atoms with E-state index in [-0.39, 0.29) is 0 Å². The van der Waals surface area contributed by atoms with Crippen LogP contribution in [0.3, 0.4) is 0 Å². The summed E-state index contributed by atoms with van der Waals surface area (Å²) in [5.74, 6) is 0.982. The first kappa shape index (κ1) is 13.7. The van der Waals surface area contributed by atoms with E-state index < -0.39 is 0 Å². The Labute approximate surface area is 115 Å². The molecule has 2 heterocycles. The van der Waals surface area contributed by atoms with E-state index in [1.165, 1.54) is 11.8 Å². The van der Waals surface area contributed by atoms with Crippen molar-refractivity contribution in [3.05, 3.63) is 29.8 Å². The van der Waals surface area contributed by atoms with Crippen LogP contribution in [-0.4, -0.2) is 26.5 Å². The third-order valence-electron chi connectivity index (χ3n) is 2.16. The minimum absolute atomic E-state index is 0.351. The van der Waals surface area contributed by atoms with Gasteiger partial charge < -0.3 is 10.5 Å². The molecule has 6 nitrogen and oxygen atoms in total. The van der Waals surface area contributed by atoms with Crippen LogP contribution in [0.1, 0.15) is 18.3 Å². The molecule has 0 saturated carbocycles. The van der Waals surface area contributed by atoms with Crippen molar-refractivity contribution in [2.24, 2.45) is 0 Å². The first-order chi connectivity index (χ1) is 9.17. The lowest BCUT2D eigenvalue weighted by molar-refractivity contribution is 0.128. The van der Waals surface area contributed by atoms with E-state index in [4.69, 9.17) is 10.5 Å². The summed E-state index contributed by atoms with van der Waals surface area (Å²) < 4.78 is 5.27. The van der Waals surface area contributed by atoms with E-state index in [1.807, 2.05) is 13.8 Å². The second kappa shape index (κ2) is 6.44. The highest BCUT2D eigenvalue weighted by Gasteiger charge is 2.06. The van der Waals surface area contributed by atoms with E-state index in [9.17, 15) is 0 Å². The van der Waals surface area contributed by atoms with Crippen LogP contribution >= 0.6 is 11.8 Å². The minimum atomic E-state index is 0.351. The van der Waals surface area contributed by atoms with Crippen LogP contribution in [0.5, 0.6) is 0 Å². The Morgan fingerprint density at radius 1 is 1.26 bits per heavy atom. The van der Waals surface area contributed by atoms with Crippen molar-refractivity contribution in [3.63, 3.8) is 0 Å². The smallest absolute Gasteiger partial charge is 0.193 e. The maximum Gasteiger partial charge on any atom is 0.193 e. The lowest BCUT2D eigenvalue weighted by Gasteiger charge is -2.05. The van der Waals surface area contributed by atoms with Gasteiger partial charge >= 0.3 is 0 Å². The summed E-state index contributed by atoms with van der Waals surface area (Å²) in [5.41, 5.74) is 6.77. The topological polar surface area (TPSA) is 86.8 Å². The predicted octanol–water partition coefficient (Wildman–Crippen LogP) is 1.84. The van der Waals surface area contributed by atoms with Crippen molar-refractivity contribution >= 4 is 17.6 Å². The monoisotopic (exact) mass is 277 g/mol. The molecular weight excluding hydrogens is 262 g/mol. The molecule has 19 heavy (non-hydrogen) atoms. The number of ether oxygens (including phenoxy) is 1. The zero-order chi connectivity index (χ0) is 13.7. The Hall–Kier alpha value is -1.73. The Morgan fingerprint density at radius 2 is 2.00 bits per heavy atom. The Balaban J connectivity index is 2.15. The lowest BCUT2D eigenvalue weighted by atomic mass is 10.4. The summed E-state index contributed by atoms with van der Waals surface area (Å²) in [6, 6.07) is 1.70. The second-order valence-corrected chi connectivity index (χ2v) is 4.82. The van der Waals surface area contributed by atoms with Crippen LogP contribution in [0.25, 0.3) is 0 Å². The number of nitrogen functional groups attached to an aromatic ring is 1. The number of aromatic nitrogens is 4. The summed E-state index contributed by atoms with van der Waals surface area (Å²) in [4.78, 5) is 16.9. The van der Waals surface area contributed by atoms with Gasteiger partial charge in [0, 0.05) is 25.1 Å². The van der Waals surface area contributed by atoms with E-state index in [0.29, 0.717) is 35.0 Å². The van der Waals surface area contributed by atoms with Gasteiger partial charge in [-0.2, -0.15) is 0 Å². The van der Waals surface area contributed by atoms with Crippen molar-refractivity contribution in [1.82, 2.24) is 19.9 Å². The molecule has 0 spiro atoms. The van der Waals surface area contributed by atoms with Gasteiger partial charge in [-0.1, -0.05) is 0 Å². The summed E-state index contributed by atoms with van der Waals surface area (Å²) in [7, 11) is 0. The van der Waals surface area contributed by atoms with Gasteiger partial charge in [0.25, 0.3) is 0 Å². The molecular formula is C12H15N5OS. The van der Waals surface area contributed by atoms with E-state index in [1.54, 1.807) is 18.5 Å². The highest BCUT2D eigenvalue weighted by molar-refractivity contribution is 7.99. The number of nitrogens with zero attached hydrogens (tertiary/aromatic N) is 4. The van der Waals surface area contributed by atoms with Crippen molar-refractivity contribution in [3.8, 4) is 0 Å². The summed E-state index contributed by atoms with van der Waals surface area (Å²) >= 11 is 1.35. The average molecular weight is 277 g/mol. The molecule has 0 saturated heterocycles. The van der Waals surface area contributed by atoms with Crippen molar-refractivity contribution < 1.29 is 4.74 Å². The lowest BCUT2D eigenvalue weighted by Crippen LogP contribution is -2.03. The van der Waals surface area contributed by atoms with Crippen LogP contribution in [0.4, 0.5) is 5.82 Å². The van der Waals surface area contributed by atoms with Gasteiger partial charge in [-0.05, 0) is 31.2 Å². The summed E-state index contributed by atoms with van der Waals surface area (Å²) in [6.45, 7) is 4.82. The van der Waals surface area contributed by atoms with Gasteiger partial charge in [0.15, 0.2) is 11.0 Å². The fraction of sp³-hybridized carbons (Fsp3) is 0.333. The number of hydrogen-bond donors (Lipinski definition) is 1. The SMILES string of the molecule is CCOCc1nc(N)cc(Sc2ncc(C)cn2)n1. The van der Waals surface area contributed by atoms with Gasteiger partial charge in [-0.15, -0.1) is 0 Å². The first-order valence-electron chi connectivity index (χ1n) is 5.85. The van der Waals surface area contributed by atoms with Crippen LogP contribution < -0.4 is 5.73 Å². The summed E-state index contributed by atoms with van der Waals surface area (Å²) in [6.07, 6.45) is 3.53. The average Bonchev–Trinajstić information content (AvgIpc) is 2.38. The highest BCUT2D eigenvalue weighted by atomic mass is 32.2. The third kappa shape index (κ3) is 4.15. The van der Waals surface area contributed by atoms with Gasteiger partial charge in [0.1, 0.15) is 17.5 Å². The molecule has 2 N–H and O–H groups in total.